The molecule has 0 aliphatic carbocycles. The molecule has 0 atom stereocenters. The first-order valence-electron chi connectivity index (χ1n) is 7.66. The monoisotopic (exact) mass is 354 g/mol. The lowest BCUT2D eigenvalue weighted by molar-refractivity contribution is 0.483. The lowest BCUT2D eigenvalue weighted by atomic mass is 10.2. The molecule has 0 saturated carbocycles. The highest BCUT2D eigenvalue weighted by Crippen LogP contribution is 2.25. The van der Waals surface area contributed by atoms with Gasteiger partial charge in [-0.2, -0.15) is 0 Å². The van der Waals surface area contributed by atoms with Crippen LogP contribution in [0.15, 0.2) is 78.9 Å². The summed E-state index contributed by atoms with van der Waals surface area (Å²) in [6.07, 6.45) is 1.12. The van der Waals surface area contributed by atoms with Crippen molar-refractivity contribution in [2.45, 2.75) is 0 Å². The van der Waals surface area contributed by atoms with Crippen LogP contribution in [0.25, 0.3) is 0 Å². The molecule has 0 bridgehead atoms. The zero-order valence-corrected chi connectivity index (χ0v) is 14.5. The molecule has 25 heavy (non-hydrogen) atoms. The Bertz CT molecular complexity index is 923. The number of nitrogens with one attached hydrogen (secondary N) is 2. The van der Waals surface area contributed by atoms with Gasteiger partial charge in [0.15, 0.2) is 0 Å². The number of benzene rings is 3. The second-order valence-electron chi connectivity index (χ2n) is 5.52. The maximum absolute atomic E-state index is 11.2. The van der Waals surface area contributed by atoms with E-state index in [-0.39, 0.29) is 0 Å². The van der Waals surface area contributed by atoms with Crippen LogP contribution < -0.4 is 14.8 Å². The standard InChI is InChI=1S/C19H18N2O3S/c1-25(22,23)21-17-9-7-15(8-10-17)20-16-11-13-19(14-12-16)24-18-5-3-2-4-6-18/h2-14,20-21H,1H3. The lowest BCUT2D eigenvalue weighted by Gasteiger charge is -2.10. The summed E-state index contributed by atoms with van der Waals surface area (Å²) in [4.78, 5) is 0. The molecule has 3 aromatic carbocycles. The van der Waals surface area contributed by atoms with Gasteiger partial charge in [0, 0.05) is 17.1 Å². The zero-order valence-electron chi connectivity index (χ0n) is 13.6. The molecule has 0 aromatic heterocycles. The first-order chi connectivity index (χ1) is 12.0. The second kappa shape index (κ2) is 7.27. The molecular formula is C19H18N2O3S. The zero-order chi connectivity index (χ0) is 17.7. The van der Waals surface area contributed by atoms with E-state index >= 15 is 0 Å². The van der Waals surface area contributed by atoms with Gasteiger partial charge in [-0.15, -0.1) is 0 Å². The molecule has 3 rings (SSSR count). The Morgan fingerprint density at radius 2 is 1.16 bits per heavy atom. The Morgan fingerprint density at radius 3 is 1.72 bits per heavy atom. The van der Waals surface area contributed by atoms with Crippen molar-refractivity contribution >= 4 is 27.1 Å². The first kappa shape index (κ1) is 16.9. The summed E-state index contributed by atoms with van der Waals surface area (Å²) in [7, 11) is -3.26. The highest BCUT2D eigenvalue weighted by atomic mass is 32.2. The summed E-state index contributed by atoms with van der Waals surface area (Å²) < 4.78 is 30.6. The number of para-hydroxylation sites is 1. The molecule has 5 nitrogen and oxygen atoms in total. The fourth-order valence-electron chi connectivity index (χ4n) is 2.23. The smallest absolute Gasteiger partial charge is 0.229 e. The molecule has 0 heterocycles. The van der Waals surface area contributed by atoms with Crippen molar-refractivity contribution < 1.29 is 13.2 Å². The molecule has 128 valence electrons. The van der Waals surface area contributed by atoms with Gasteiger partial charge in [-0.25, -0.2) is 8.42 Å². The van der Waals surface area contributed by atoms with Crippen molar-refractivity contribution in [2.75, 3.05) is 16.3 Å². The van der Waals surface area contributed by atoms with Crippen molar-refractivity contribution in [3.63, 3.8) is 0 Å². The van der Waals surface area contributed by atoms with Gasteiger partial charge in [0.05, 0.1) is 6.26 Å². The molecule has 3 aromatic rings. The summed E-state index contributed by atoms with van der Waals surface area (Å²) in [5, 5.41) is 3.25. The number of anilines is 3. The number of hydrogen-bond acceptors (Lipinski definition) is 4. The Kier molecular flexibility index (Phi) is 4.90. The van der Waals surface area contributed by atoms with E-state index in [0.717, 1.165) is 29.1 Å². The SMILES string of the molecule is CS(=O)(=O)Nc1ccc(Nc2ccc(Oc3ccccc3)cc2)cc1. The van der Waals surface area contributed by atoms with Crippen molar-refractivity contribution in [3.8, 4) is 11.5 Å². The summed E-state index contributed by atoms with van der Waals surface area (Å²) in [5.41, 5.74) is 2.29. The fraction of sp³-hybridized carbons (Fsp3) is 0.0526. The van der Waals surface area contributed by atoms with Crippen LogP contribution in [0.5, 0.6) is 11.5 Å². The Morgan fingerprint density at radius 1 is 0.680 bits per heavy atom. The van der Waals surface area contributed by atoms with Crippen LogP contribution >= 0.6 is 0 Å². The second-order valence-corrected chi connectivity index (χ2v) is 7.26. The maximum atomic E-state index is 11.2. The number of sulfonamides is 1. The summed E-state index contributed by atoms with van der Waals surface area (Å²) >= 11 is 0. The first-order valence-corrected chi connectivity index (χ1v) is 9.55. The largest absolute Gasteiger partial charge is 0.457 e. The molecule has 2 N–H and O–H groups in total. The molecule has 0 aliphatic rings. The van der Waals surface area contributed by atoms with Gasteiger partial charge in [-0.3, -0.25) is 4.72 Å². The Hall–Kier alpha value is -2.99. The number of ether oxygens (including phenoxy) is 1. The molecule has 0 saturated heterocycles. The number of hydrogen-bond donors (Lipinski definition) is 2. The van der Waals surface area contributed by atoms with E-state index in [9.17, 15) is 8.42 Å². The van der Waals surface area contributed by atoms with Crippen LogP contribution in [0.3, 0.4) is 0 Å². The summed E-state index contributed by atoms with van der Waals surface area (Å²) in [6.45, 7) is 0. The number of rotatable bonds is 6. The summed E-state index contributed by atoms with van der Waals surface area (Å²) in [5.74, 6) is 1.54. The van der Waals surface area contributed by atoms with Crippen LogP contribution in [-0.4, -0.2) is 14.7 Å². The van der Waals surface area contributed by atoms with Crippen LogP contribution in [0.1, 0.15) is 0 Å². The van der Waals surface area contributed by atoms with Crippen molar-refractivity contribution in [1.82, 2.24) is 0 Å². The predicted molar refractivity (Wildman–Crippen MR) is 101 cm³/mol. The minimum absolute atomic E-state index is 0.527. The van der Waals surface area contributed by atoms with Crippen LogP contribution in [0.2, 0.25) is 0 Å². The molecule has 0 radical (unpaired) electrons. The molecule has 0 fully saturated rings. The normalized spacial score (nSPS) is 10.9. The molecule has 0 aliphatic heterocycles. The molecule has 0 spiro atoms. The summed E-state index contributed by atoms with van der Waals surface area (Å²) in [6, 6.07) is 24.2. The highest BCUT2D eigenvalue weighted by Gasteiger charge is 2.02. The Labute approximate surface area is 147 Å². The van der Waals surface area contributed by atoms with Gasteiger partial charge in [0.1, 0.15) is 11.5 Å². The van der Waals surface area contributed by atoms with Gasteiger partial charge in [-0.1, -0.05) is 18.2 Å². The van der Waals surface area contributed by atoms with E-state index in [0.29, 0.717) is 5.69 Å². The Balaban J connectivity index is 1.63. The lowest BCUT2D eigenvalue weighted by Crippen LogP contribution is -2.09. The quantitative estimate of drug-likeness (QED) is 0.679. The van der Waals surface area contributed by atoms with Crippen molar-refractivity contribution in [2.24, 2.45) is 0 Å². The van der Waals surface area contributed by atoms with E-state index in [4.69, 9.17) is 4.74 Å². The van der Waals surface area contributed by atoms with Crippen molar-refractivity contribution in [3.05, 3.63) is 78.9 Å². The van der Waals surface area contributed by atoms with Gasteiger partial charge in [-0.05, 0) is 60.7 Å². The molecule has 0 unspecified atom stereocenters. The highest BCUT2D eigenvalue weighted by molar-refractivity contribution is 7.92. The van der Waals surface area contributed by atoms with E-state index in [1.807, 2.05) is 66.7 Å². The molecule has 0 amide bonds. The fourth-order valence-corrected chi connectivity index (χ4v) is 2.80. The van der Waals surface area contributed by atoms with Crippen molar-refractivity contribution in [1.29, 1.82) is 0 Å². The van der Waals surface area contributed by atoms with Gasteiger partial charge in [0.25, 0.3) is 0 Å². The minimum atomic E-state index is -3.26. The molecule has 6 heteroatoms. The van der Waals surface area contributed by atoms with Gasteiger partial charge < -0.3 is 10.1 Å². The van der Waals surface area contributed by atoms with Crippen LogP contribution in [-0.2, 0) is 10.0 Å². The van der Waals surface area contributed by atoms with E-state index in [2.05, 4.69) is 10.0 Å². The van der Waals surface area contributed by atoms with E-state index < -0.39 is 10.0 Å². The van der Waals surface area contributed by atoms with Gasteiger partial charge in [0.2, 0.25) is 10.0 Å². The van der Waals surface area contributed by atoms with E-state index in [1.165, 1.54) is 0 Å². The topological polar surface area (TPSA) is 67.4 Å². The van der Waals surface area contributed by atoms with Crippen LogP contribution in [0.4, 0.5) is 17.1 Å². The average molecular weight is 354 g/mol. The van der Waals surface area contributed by atoms with E-state index in [1.54, 1.807) is 12.1 Å². The maximum Gasteiger partial charge on any atom is 0.229 e. The third-order valence-corrected chi connectivity index (χ3v) is 3.92. The minimum Gasteiger partial charge on any atom is -0.457 e. The van der Waals surface area contributed by atoms with Gasteiger partial charge >= 0.3 is 0 Å². The third kappa shape index (κ3) is 5.26. The predicted octanol–water partition coefficient (Wildman–Crippen LogP) is 4.59. The average Bonchev–Trinajstić information content (AvgIpc) is 2.58. The van der Waals surface area contributed by atoms with Crippen LogP contribution in [0, 0.1) is 0 Å². The molecular weight excluding hydrogens is 336 g/mol. The third-order valence-electron chi connectivity index (χ3n) is 3.31.